The summed E-state index contributed by atoms with van der Waals surface area (Å²) < 4.78 is 30.6. The van der Waals surface area contributed by atoms with Crippen molar-refractivity contribution in [1.82, 2.24) is 10.1 Å². The molecule has 4 rings (SSSR count). The van der Waals surface area contributed by atoms with Crippen molar-refractivity contribution in [2.24, 2.45) is 11.3 Å². The van der Waals surface area contributed by atoms with E-state index in [-0.39, 0.29) is 11.8 Å². The van der Waals surface area contributed by atoms with Gasteiger partial charge in [-0.3, -0.25) is 4.79 Å². The van der Waals surface area contributed by atoms with E-state index in [1.165, 1.54) is 6.07 Å². The summed E-state index contributed by atoms with van der Waals surface area (Å²) in [5.74, 6) is 0.551. The molecule has 30 heavy (non-hydrogen) atoms. The van der Waals surface area contributed by atoms with Crippen molar-refractivity contribution in [3.05, 3.63) is 41.9 Å². The van der Waals surface area contributed by atoms with Crippen LogP contribution in [0.5, 0.6) is 0 Å². The second kappa shape index (κ2) is 9.27. The second-order valence-electron chi connectivity index (χ2n) is 8.40. The van der Waals surface area contributed by atoms with Crippen LogP contribution in [-0.4, -0.2) is 55.5 Å². The zero-order valence-electron chi connectivity index (χ0n) is 17.4. The van der Waals surface area contributed by atoms with E-state index in [4.69, 9.17) is 14.0 Å². The molecule has 3 heterocycles. The third-order valence-electron chi connectivity index (χ3n) is 6.13. The maximum absolute atomic E-state index is 14.1. The molecular weight excluding hydrogens is 387 g/mol. The number of hydrogen-bond donors (Lipinski definition) is 0. The molecule has 2 aliphatic heterocycles. The number of hydrogen-bond acceptors (Lipinski definition) is 6. The van der Waals surface area contributed by atoms with Gasteiger partial charge in [-0.05, 0) is 50.8 Å². The third kappa shape index (κ3) is 4.57. The van der Waals surface area contributed by atoms with Gasteiger partial charge < -0.3 is 18.9 Å². The number of esters is 1. The van der Waals surface area contributed by atoms with Gasteiger partial charge in [-0.1, -0.05) is 17.3 Å². The van der Waals surface area contributed by atoms with Gasteiger partial charge in [0, 0.05) is 37.7 Å². The van der Waals surface area contributed by atoms with Gasteiger partial charge in [0.1, 0.15) is 17.3 Å². The maximum Gasteiger partial charge on any atom is 0.313 e. The Bertz CT molecular complexity index is 864. The highest BCUT2D eigenvalue weighted by atomic mass is 19.1. The van der Waals surface area contributed by atoms with Crippen LogP contribution in [-0.2, 0) is 20.7 Å². The summed E-state index contributed by atoms with van der Waals surface area (Å²) in [6, 6.07) is 8.21. The van der Waals surface area contributed by atoms with Gasteiger partial charge in [0.2, 0.25) is 0 Å². The van der Waals surface area contributed by atoms with Gasteiger partial charge in [-0.2, -0.15) is 0 Å². The Morgan fingerprint density at radius 3 is 3.03 bits per heavy atom. The molecule has 2 saturated heterocycles. The molecule has 0 saturated carbocycles. The molecule has 6 nitrogen and oxygen atoms in total. The molecule has 2 aromatic rings. The molecule has 2 aliphatic rings. The van der Waals surface area contributed by atoms with Crippen molar-refractivity contribution in [2.45, 2.75) is 32.6 Å². The topological polar surface area (TPSA) is 64.8 Å². The molecule has 0 aliphatic carbocycles. The standard InChI is InChI=1S/C23H29FN2O4/c1-2-29-22(27)23(9-5-10-26(16-23)14-17-8-11-28-15-17)13-18-12-21(25-30-18)19-6-3-4-7-20(19)24/h3-4,6-7,12,17H,2,5,8-11,13-16H2,1H3/t17-,23+/m0/s1. The van der Waals surface area contributed by atoms with Crippen molar-refractivity contribution in [1.29, 1.82) is 0 Å². The van der Waals surface area contributed by atoms with Crippen LogP contribution in [0.25, 0.3) is 11.3 Å². The van der Waals surface area contributed by atoms with Crippen molar-refractivity contribution in [3.8, 4) is 11.3 Å². The summed E-state index contributed by atoms with van der Waals surface area (Å²) >= 11 is 0. The van der Waals surface area contributed by atoms with E-state index in [0.29, 0.717) is 42.5 Å². The normalized spacial score (nSPS) is 24.8. The first-order valence-corrected chi connectivity index (χ1v) is 10.8. The maximum atomic E-state index is 14.1. The third-order valence-corrected chi connectivity index (χ3v) is 6.13. The highest BCUT2D eigenvalue weighted by molar-refractivity contribution is 5.77. The lowest BCUT2D eigenvalue weighted by Crippen LogP contribution is -2.50. The Balaban J connectivity index is 1.53. The average Bonchev–Trinajstić information content (AvgIpc) is 3.41. The van der Waals surface area contributed by atoms with E-state index >= 15 is 0 Å². The molecule has 0 N–H and O–H groups in total. The number of halogens is 1. The second-order valence-corrected chi connectivity index (χ2v) is 8.40. The van der Waals surface area contributed by atoms with Crippen LogP contribution < -0.4 is 0 Å². The van der Waals surface area contributed by atoms with E-state index < -0.39 is 5.41 Å². The average molecular weight is 416 g/mol. The van der Waals surface area contributed by atoms with Crippen LogP contribution in [0.4, 0.5) is 4.39 Å². The number of benzene rings is 1. The number of aromatic nitrogens is 1. The summed E-state index contributed by atoms with van der Waals surface area (Å²) in [5, 5.41) is 4.05. The number of carbonyl (C=O) groups excluding carboxylic acids is 1. The van der Waals surface area contributed by atoms with Crippen molar-refractivity contribution >= 4 is 5.97 Å². The molecule has 2 fully saturated rings. The quantitative estimate of drug-likeness (QED) is 0.641. The first-order valence-electron chi connectivity index (χ1n) is 10.8. The first-order chi connectivity index (χ1) is 14.6. The molecule has 1 aromatic heterocycles. The van der Waals surface area contributed by atoms with Gasteiger partial charge in [0.25, 0.3) is 0 Å². The van der Waals surface area contributed by atoms with Crippen LogP contribution in [0, 0.1) is 17.2 Å². The van der Waals surface area contributed by atoms with Crippen LogP contribution in [0.3, 0.4) is 0 Å². The van der Waals surface area contributed by atoms with Crippen LogP contribution in [0.1, 0.15) is 31.9 Å². The molecule has 0 spiro atoms. The lowest BCUT2D eigenvalue weighted by atomic mass is 9.76. The number of ether oxygens (including phenoxy) is 2. The van der Waals surface area contributed by atoms with E-state index in [1.54, 1.807) is 24.3 Å². The lowest BCUT2D eigenvalue weighted by Gasteiger charge is -2.41. The summed E-state index contributed by atoms with van der Waals surface area (Å²) in [6.07, 6.45) is 3.11. The molecule has 0 amide bonds. The Morgan fingerprint density at radius 2 is 2.27 bits per heavy atom. The van der Waals surface area contributed by atoms with Gasteiger partial charge in [-0.25, -0.2) is 4.39 Å². The summed E-state index contributed by atoms with van der Waals surface area (Å²) in [7, 11) is 0. The van der Waals surface area contributed by atoms with Crippen molar-refractivity contribution < 1.29 is 23.2 Å². The summed E-state index contributed by atoms with van der Waals surface area (Å²) in [6.45, 7) is 6.29. The van der Waals surface area contributed by atoms with Gasteiger partial charge >= 0.3 is 5.97 Å². The zero-order chi connectivity index (χ0) is 21.0. The Kier molecular flexibility index (Phi) is 6.49. The van der Waals surface area contributed by atoms with E-state index in [0.717, 1.165) is 45.6 Å². The predicted octanol–water partition coefficient (Wildman–Crippen LogP) is 3.71. The summed E-state index contributed by atoms with van der Waals surface area (Å²) in [4.78, 5) is 15.4. The van der Waals surface area contributed by atoms with Crippen LogP contribution in [0.2, 0.25) is 0 Å². The number of nitrogens with zero attached hydrogens (tertiary/aromatic N) is 2. The first kappa shape index (κ1) is 21.0. The highest BCUT2D eigenvalue weighted by Crippen LogP contribution is 2.37. The van der Waals surface area contributed by atoms with Crippen LogP contribution >= 0.6 is 0 Å². The fraction of sp³-hybridized carbons (Fsp3) is 0.565. The number of carbonyl (C=O) groups is 1. The Morgan fingerprint density at radius 1 is 1.40 bits per heavy atom. The predicted molar refractivity (Wildman–Crippen MR) is 109 cm³/mol. The molecule has 0 unspecified atom stereocenters. The Labute approximate surface area is 176 Å². The molecular formula is C23H29FN2O4. The van der Waals surface area contributed by atoms with Crippen molar-refractivity contribution in [2.75, 3.05) is 39.5 Å². The van der Waals surface area contributed by atoms with E-state index in [1.807, 2.05) is 6.92 Å². The van der Waals surface area contributed by atoms with Crippen molar-refractivity contribution in [3.63, 3.8) is 0 Å². The number of rotatable bonds is 7. The molecule has 162 valence electrons. The fourth-order valence-corrected chi connectivity index (χ4v) is 4.67. The molecule has 7 heteroatoms. The summed E-state index contributed by atoms with van der Waals surface area (Å²) in [5.41, 5.74) is 0.154. The smallest absolute Gasteiger partial charge is 0.313 e. The monoisotopic (exact) mass is 416 g/mol. The zero-order valence-corrected chi connectivity index (χ0v) is 17.4. The molecule has 1 aromatic carbocycles. The minimum absolute atomic E-state index is 0.193. The minimum atomic E-state index is -0.681. The van der Waals surface area contributed by atoms with Crippen LogP contribution in [0.15, 0.2) is 34.9 Å². The molecule has 2 atom stereocenters. The highest BCUT2D eigenvalue weighted by Gasteiger charge is 2.45. The largest absolute Gasteiger partial charge is 0.466 e. The van der Waals surface area contributed by atoms with E-state index in [2.05, 4.69) is 10.1 Å². The lowest BCUT2D eigenvalue weighted by molar-refractivity contribution is -0.159. The number of piperidine rings is 1. The fourth-order valence-electron chi connectivity index (χ4n) is 4.67. The number of likely N-dealkylation sites (tertiary alicyclic amines) is 1. The van der Waals surface area contributed by atoms with Gasteiger partial charge in [0.05, 0.1) is 18.6 Å². The SMILES string of the molecule is CCOC(=O)[C@@]1(Cc2cc(-c3ccccc3F)no2)CCCN(C[C@@H]2CCOC2)C1. The van der Waals surface area contributed by atoms with E-state index in [9.17, 15) is 9.18 Å². The Hall–Kier alpha value is -2.25. The minimum Gasteiger partial charge on any atom is -0.466 e. The molecule has 0 radical (unpaired) electrons. The molecule has 0 bridgehead atoms. The van der Waals surface area contributed by atoms with Gasteiger partial charge in [0.15, 0.2) is 0 Å². The van der Waals surface area contributed by atoms with Gasteiger partial charge in [-0.15, -0.1) is 0 Å².